The summed E-state index contributed by atoms with van der Waals surface area (Å²) >= 11 is 0. The van der Waals surface area contributed by atoms with E-state index < -0.39 is 0 Å². The summed E-state index contributed by atoms with van der Waals surface area (Å²) in [4.78, 5) is 30.2. The molecule has 0 aliphatic carbocycles. The average molecular weight is 845 g/mol. The number of rotatable bonds is 10. The van der Waals surface area contributed by atoms with Gasteiger partial charge < -0.3 is 0 Å². The minimum Gasteiger partial charge on any atom is -0.208 e. The van der Waals surface area contributed by atoms with Crippen LogP contribution >= 0.6 is 0 Å². The fraction of sp³-hybridized carbons (Fsp3) is 0. The predicted octanol–water partition coefficient (Wildman–Crippen LogP) is 14.7. The molecule has 0 fully saturated rings. The maximum absolute atomic E-state index is 5.09. The third-order valence-electron chi connectivity index (χ3n) is 11.6. The summed E-state index contributed by atoms with van der Waals surface area (Å²) in [5, 5.41) is 0. The Morgan fingerprint density at radius 3 is 0.742 bits per heavy atom. The summed E-state index contributed by atoms with van der Waals surface area (Å²) in [5.74, 6) is 3.70. The third-order valence-corrected chi connectivity index (χ3v) is 11.6. The predicted molar refractivity (Wildman–Crippen MR) is 268 cm³/mol. The van der Waals surface area contributed by atoms with Gasteiger partial charge >= 0.3 is 0 Å². The summed E-state index contributed by atoms with van der Waals surface area (Å²) < 4.78 is 0. The Balaban J connectivity index is 1.09. The molecule has 0 atom stereocenters. The van der Waals surface area contributed by atoms with E-state index >= 15 is 0 Å². The van der Waals surface area contributed by atoms with Crippen molar-refractivity contribution in [3.05, 3.63) is 243 Å². The molecule has 2 heterocycles. The molecule has 9 aromatic carbocycles. The molecular weight excluding hydrogens is 805 g/mol. The van der Waals surface area contributed by atoms with Crippen LogP contribution in [0, 0.1) is 0 Å². The van der Waals surface area contributed by atoms with E-state index in [2.05, 4.69) is 121 Å². The van der Waals surface area contributed by atoms with E-state index in [-0.39, 0.29) is 0 Å². The van der Waals surface area contributed by atoms with Crippen molar-refractivity contribution >= 4 is 0 Å². The molecular formula is C60H40N6. The zero-order chi connectivity index (χ0) is 44.1. The fourth-order valence-electron chi connectivity index (χ4n) is 8.34. The number of aromatic nitrogens is 6. The van der Waals surface area contributed by atoms with Crippen LogP contribution in [0.25, 0.3) is 113 Å². The molecule has 310 valence electrons. The van der Waals surface area contributed by atoms with Gasteiger partial charge in [-0.15, -0.1) is 0 Å². The molecule has 6 heteroatoms. The number of nitrogens with zero attached hydrogens (tertiary/aromatic N) is 6. The highest BCUT2D eigenvalue weighted by Crippen LogP contribution is 2.44. The van der Waals surface area contributed by atoms with Crippen molar-refractivity contribution in [3.8, 4) is 113 Å². The number of benzene rings is 9. The lowest BCUT2D eigenvalue weighted by atomic mass is 9.84. The molecule has 0 aliphatic rings. The molecule has 11 rings (SSSR count). The van der Waals surface area contributed by atoms with E-state index in [4.69, 9.17) is 29.9 Å². The van der Waals surface area contributed by atoms with E-state index in [1.165, 1.54) is 0 Å². The van der Waals surface area contributed by atoms with E-state index in [1.54, 1.807) is 0 Å². The second-order valence-corrected chi connectivity index (χ2v) is 15.9. The van der Waals surface area contributed by atoms with Crippen molar-refractivity contribution in [1.82, 2.24) is 29.9 Å². The van der Waals surface area contributed by atoms with Crippen LogP contribution in [0.3, 0.4) is 0 Å². The second kappa shape index (κ2) is 18.0. The lowest BCUT2D eigenvalue weighted by Gasteiger charge is -2.20. The van der Waals surface area contributed by atoms with Crippen molar-refractivity contribution in [2.45, 2.75) is 0 Å². The monoisotopic (exact) mass is 844 g/mol. The van der Waals surface area contributed by atoms with Crippen LogP contribution in [0.5, 0.6) is 0 Å². The molecule has 0 unspecified atom stereocenters. The van der Waals surface area contributed by atoms with E-state index in [0.717, 1.165) is 77.9 Å². The Kier molecular flexibility index (Phi) is 10.9. The maximum atomic E-state index is 5.09. The number of hydrogen-bond acceptors (Lipinski definition) is 6. The molecule has 0 radical (unpaired) electrons. The van der Waals surface area contributed by atoms with Gasteiger partial charge in [-0.25, -0.2) is 29.9 Å². The largest absolute Gasteiger partial charge is 0.208 e. The Labute approximate surface area is 383 Å². The van der Waals surface area contributed by atoms with Gasteiger partial charge in [-0.1, -0.05) is 218 Å². The minimum absolute atomic E-state index is 0.602. The lowest BCUT2D eigenvalue weighted by molar-refractivity contribution is 1.07. The van der Waals surface area contributed by atoms with Crippen molar-refractivity contribution in [3.63, 3.8) is 0 Å². The van der Waals surface area contributed by atoms with Gasteiger partial charge in [0, 0.05) is 33.4 Å². The summed E-state index contributed by atoms with van der Waals surface area (Å²) in [6.45, 7) is 0. The van der Waals surface area contributed by atoms with Gasteiger partial charge in [-0.05, 0) is 68.8 Å². The first-order valence-electron chi connectivity index (χ1n) is 21.9. The SMILES string of the molecule is c1ccc(-c2nc(-c3ccccc3)nc(-c3cccc(-c4cc(-c5ccccc5)c(-c5cccc(-c6nc(-c7ccccc7)nc(-c7ccccc7)n6)c5)c(-c5ccccc5)c4)c3)n2)cc1. The van der Waals surface area contributed by atoms with Crippen LogP contribution in [-0.2, 0) is 0 Å². The highest BCUT2D eigenvalue weighted by molar-refractivity contribution is 5.98. The van der Waals surface area contributed by atoms with Gasteiger partial charge in [-0.3, -0.25) is 0 Å². The first-order chi connectivity index (χ1) is 32.7. The molecule has 0 spiro atoms. The van der Waals surface area contributed by atoms with Crippen LogP contribution in [0.1, 0.15) is 0 Å². The van der Waals surface area contributed by atoms with E-state index in [9.17, 15) is 0 Å². The Bertz CT molecular complexity index is 3260. The Hall–Kier alpha value is -9.00. The molecule has 0 aliphatic heterocycles. The van der Waals surface area contributed by atoms with Crippen molar-refractivity contribution in [1.29, 1.82) is 0 Å². The summed E-state index contributed by atoms with van der Waals surface area (Å²) in [6.07, 6.45) is 0. The second-order valence-electron chi connectivity index (χ2n) is 15.9. The van der Waals surface area contributed by atoms with Crippen LogP contribution in [0.4, 0.5) is 0 Å². The van der Waals surface area contributed by atoms with Gasteiger partial charge in [-0.2, -0.15) is 0 Å². The highest BCUT2D eigenvalue weighted by atomic mass is 15.0. The van der Waals surface area contributed by atoms with E-state index in [0.29, 0.717) is 34.9 Å². The van der Waals surface area contributed by atoms with Gasteiger partial charge in [0.1, 0.15) is 0 Å². The minimum atomic E-state index is 0.602. The molecule has 0 saturated heterocycles. The molecule has 0 bridgehead atoms. The quantitative estimate of drug-likeness (QED) is 0.136. The van der Waals surface area contributed by atoms with Crippen LogP contribution in [0.15, 0.2) is 243 Å². The zero-order valence-corrected chi connectivity index (χ0v) is 35.8. The Morgan fingerprint density at radius 1 is 0.167 bits per heavy atom. The van der Waals surface area contributed by atoms with Crippen LogP contribution in [-0.4, -0.2) is 29.9 Å². The molecule has 66 heavy (non-hydrogen) atoms. The van der Waals surface area contributed by atoms with E-state index in [1.807, 2.05) is 121 Å². The van der Waals surface area contributed by atoms with Crippen molar-refractivity contribution in [2.24, 2.45) is 0 Å². The van der Waals surface area contributed by atoms with Gasteiger partial charge in [0.15, 0.2) is 34.9 Å². The summed E-state index contributed by atoms with van der Waals surface area (Å²) in [5.41, 5.74) is 14.1. The number of hydrogen-bond donors (Lipinski definition) is 0. The molecule has 11 aromatic rings. The molecule has 0 N–H and O–H groups in total. The average Bonchev–Trinajstić information content (AvgIpc) is 3.42. The highest BCUT2D eigenvalue weighted by Gasteiger charge is 2.20. The normalized spacial score (nSPS) is 11.0. The summed E-state index contributed by atoms with van der Waals surface area (Å²) in [7, 11) is 0. The first kappa shape index (κ1) is 39.8. The van der Waals surface area contributed by atoms with Gasteiger partial charge in [0.05, 0.1) is 0 Å². The van der Waals surface area contributed by atoms with Crippen molar-refractivity contribution in [2.75, 3.05) is 0 Å². The molecule has 0 amide bonds. The topological polar surface area (TPSA) is 77.3 Å². The maximum Gasteiger partial charge on any atom is 0.164 e. The fourth-order valence-corrected chi connectivity index (χ4v) is 8.34. The van der Waals surface area contributed by atoms with Crippen molar-refractivity contribution < 1.29 is 0 Å². The van der Waals surface area contributed by atoms with Crippen LogP contribution < -0.4 is 0 Å². The molecule has 6 nitrogen and oxygen atoms in total. The van der Waals surface area contributed by atoms with Crippen LogP contribution in [0.2, 0.25) is 0 Å². The first-order valence-corrected chi connectivity index (χ1v) is 21.9. The smallest absolute Gasteiger partial charge is 0.164 e. The lowest BCUT2D eigenvalue weighted by Crippen LogP contribution is -2.00. The Morgan fingerprint density at radius 2 is 0.409 bits per heavy atom. The summed E-state index contributed by atoms with van der Waals surface area (Å²) in [6, 6.07) is 83.3. The standard InChI is InChI=1S/C60H40N6/c1-7-21-41(22-8-1)52-39-51(47-33-19-35-49(37-47)59-63-55(43-25-11-3-12-26-43)61-56(64-59)44-27-13-4-14-28-44)40-53(42-23-9-2-10-24-42)54(52)48-34-20-36-50(38-48)60-65-57(45-29-15-5-16-30-45)62-58(66-60)46-31-17-6-18-32-46/h1-40H. The molecule has 2 aromatic heterocycles. The van der Waals surface area contributed by atoms with Gasteiger partial charge in [0.25, 0.3) is 0 Å². The van der Waals surface area contributed by atoms with Gasteiger partial charge in [0.2, 0.25) is 0 Å². The molecule has 0 saturated carbocycles. The third kappa shape index (κ3) is 8.30. The zero-order valence-electron chi connectivity index (χ0n) is 35.8.